The second-order valence-electron chi connectivity index (χ2n) is 5.71. The fraction of sp³-hybridized carbons (Fsp3) is 0.222. The van der Waals surface area contributed by atoms with Gasteiger partial charge in [-0.15, -0.1) is 17.9 Å². The third kappa shape index (κ3) is 2.37. The van der Waals surface area contributed by atoms with Gasteiger partial charge in [0.05, 0.1) is 11.1 Å². The Hall–Kier alpha value is -2.40. The molecule has 3 aromatic rings. The maximum atomic E-state index is 13.0. The van der Waals surface area contributed by atoms with Gasteiger partial charge in [-0.2, -0.15) is 0 Å². The highest BCUT2D eigenvalue weighted by Gasteiger charge is 2.21. The largest absolute Gasteiger partial charge is 0.505 e. The topological polar surface area (TPSA) is 55.1 Å². The maximum Gasteiger partial charge on any atom is 0.264 e. The van der Waals surface area contributed by atoms with E-state index >= 15 is 0 Å². The number of thiazole rings is 1. The predicted octanol–water partition coefficient (Wildman–Crippen LogP) is 3.94. The lowest BCUT2D eigenvalue weighted by atomic mass is 9.94. The van der Waals surface area contributed by atoms with Crippen LogP contribution in [-0.2, 0) is 6.54 Å². The van der Waals surface area contributed by atoms with Crippen molar-refractivity contribution in [3.05, 3.63) is 57.3 Å². The Morgan fingerprint density at radius 2 is 1.91 bits per heavy atom. The van der Waals surface area contributed by atoms with Crippen LogP contribution in [0.2, 0.25) is 0 Å². The number of allylic oxidation sites excluding steroid dienone is 1. The highest BCUT2D eigenvalue weighted by molar-refractivity contribution is 7.17. The molecule has 0 spiro atoms. The lowest BCUT2D eigenvalue weighted by molar-refractivity contribution is 0.482. The summed E-state index contributed by atoms with van der Waals surface area (Å²) in [6.45, 7) is 10.0. The first kappa shape index (κ1) is 15.5. The van der Waals surface area contributed by atoms with Gasteiger partial charge in [0.1, 0.15) is 10.4 Å². The molecule has 0 fully saturated rings. The molecule has 0 bridgehead atoms. The minimum Gasteiger partial charge on any atom is -0.505 e. The monoisotopic (exact) mass is 326 g/mol. The second-order valence-corrected chi connectivity index (χ2v) is 6.56. The highest BCUT2D eigenvalue weighted by Crippen LogP contribution is 2.38. The van der Waals surface area contributed by atoms with Crippen molar-refractivity contribution in [2.24, 2.45) is 0 Å². The number of aromatic hydroxyl groups is 1. The fourth-order valence-electron chi connectivity index (χ4n) is 3.14. The van der Waals surface area contributed by atoms with Crippen LogP contribution in [0.15, 0.2) is 35.1 Å². The molecule has 4 nitrogen and oxygen atoms in total. The number of nitrogens with zero attached hydrogens (tertiary/aromatic N) is 2. The summed E-state index contributed by atoms with van der Waals surface area (Å²) in [4.78, 5) is 17.2. The summed E-state index contributed by atoms with van der Waals surface area (Å²) < 4.78 is 2.19. The van der Waals surface area contributed by atoms with Gasteiger partial charge >= 0.3 is 0 Å². The molecule has 5 heteroatoms. The number of rotatable bonds is 3. The molecule has 0 aliphatic carbocycles. The third-order valence-electron chi connectivity index (χ3n) is 3.95. The highest BCUT2D eigenvalue weighted by atomic mass is 32.1. The zero-order chi connectivity index (χ0) is 16.7. The molecule has 2 heterocycles. The molecule has 0 atom stereocenters. The van der Waals surface area contributed by atoms with Crippen LogP contribution in [0, 0.1) is 20.8 Å². The summed E-state index contributed by atoms with van der Waals surface area (Å²) in [6, 6.07) is 4.05. The summed E-state index contributed by atoms with van der Waals surface area (Å²) in [5, 5.41) is 10.7. The van der Waals surface area contributed by atoms with Gasteiger partial charge in [-0.3, -0.25) is 9.36 Å². The number of hydrogen-bond donors (Lipinski definition) is 1. The zero-order valence-electron chi connectivity index (χ0n) is 13.4. The molecule has 2 aromatic heterocycles. The Balaban J connectivity index is 2.48. The molecule has 0 radical (unpaired) electrons. The van der Waals surface area contributed by atoms with E-state index in [1.807, 2.05) is 32.9 Å². The molecule has 0 saturated heterocycles. The Morgan fingerprint density at radius 1 is 1.26 bits per heavy atom. The summed E-state index contributed by atoms with van der Waals surface area (Å²) in [5.41, 5.74) is 6.13. The lowest BCUT2D eigenvalue weighted by Crippen LogP contribution is -2.22. The molecule has 118 valence electrons. The van der Waals surface area contributed by atoms with E-state index in [9.17, 15) is 9.90 Å². The van der Waals surface area contributed by atoms with Crippen molar-refractivity contribution in [3.63, 3.8) is 0 Å². The zero-order valence-corrected chi connectivity index (χ0v) is 14.2. The van der Waals surface area contributed by atoms with Gasteiger partial charge in [0.2, 0.25) is 0 Å². The van der Waals surface area contributed by atoms with E-state index in [1.54, 1.807) is 16.2 Å². The second kappa shape index (κ2) is 5.66. The van der Waals surface area contributed by atoms with Crippen molar-refractivity contribution in [2.75, 3.05) is 0 Å². The predicted molar refractivity (Wildman–Crippen MR) is 95.4 cm³/mol. The lowest BCUT2D eigenvalue weighted by Gasteiger charge is -2.15. The standard InChI is InChI=1S/C18H18N2O2S/c1-5-6-20-17-16(23-9-19-17)15(21)14(18(20)22)13-11(3)7-10(2)8-12(13)4/h5,7-9,21H,1,6H2,2-4H3. The van der Waals surface area contributed by atoms with E-state index in [2.05, 4.69) is 11.6 Å². The molecule has 3 rings (SSSR count). The number of hydrogen-bond acceptors (Lipinski definition) is 4. The molecule has 0 unspecified atom stereocenters. The molecule has 0 aliphatic heterocycles. The van der Waals surface area contributed by atoms with Crippen molar-refractivity contribution in [2.45, 2.75) is 27.3 Å². The average Bonchev–Trinajstić information content (AvgIpc) is 2.95. The van der Waals surface area contributed by atoms with Crippen LogP contribution in [-0.4, -0.2) is 14.7 Å². The van der Waals surface area contributed by atoms with Crippen LogP contribution in [0.1, 0.15) is 16.7 Å². The summed E-state index contributed by atoms with van der Waals surface area (Å²) in [5.74, 6) is 0.0165. The van der Waals surface area contributed by atoms with Crippen LogP contribution in [0.4, 0.5) is 0 Å². The summed E-state index contributed by atoms with van der Waals surface area (Å²) in [7, 11) is 0. The Labute approximate surface area is 138 Å². The van der Waals surface area contributed by atoms with Crippen molar-refractivity contribution >= 4 is 21.7 Å². The Bertz CT molecular complexity index is 960. The first-order chi connectivity index (χ1) is 11.0. The molecular formula is C18H18N2O2S. The molecule has 0 amide bonds. The molecule has 1 aromatic carbocycles. The van der Waals surface area contributed by atoms with Crippen LogP contribution in [0.5, 0.6) is 5.75 Å². The number of fused-ring (bicyclic) bond motifs is 1. The third-order valence-corrected chi connectivity index (χ3v) is 4.78. The van der Waals surface area contributed by atoms with Crippen molar-refractivity contribution < 1.29 is 5.11 Å². The van der Waals surface area contributed by atoms with Crippen LogP contribution in [0.3, 0.4) is 0 Å². The molecule has 0 aliphatic rings. The van der Waals surface area contributed by atoms with E-state index in [0.717, 1.165) is 22.3 Å². The minimum atomic E-state index is -0.240. The number of aromatic nitrogens is 2. The van der Waals surface area contributed by atoms with E-state index in [4.69, 9.17) is 0 Å². The van der Waals surface area contributed by atoms with Gasteiger partial charge in [-0.1, -0.05) is 23.8 Å². The van der Waals surface area contributed by atoms with Crippen molar-refractivity contribution in [1.29, 1.82) is 0 Å². The number of aryl methyl sites for hydroxylation is 3. The molecule has 0 saturated carbocycles. The number of benzene rings is 1. The van der Waals surface area contributed by atoms with Gasteiger partial charge in [0, 0.05) is 6.54 Å². The molecular weight excluding hydrogens is 308 g/mol. The normalized spacial score (nSPS) is 11.1. The van der Waals surface area contributed by atoms with Gasteiger partial charge in [-0.25, -0.2) is 4.98 Å². The van der Waals surface area contributed by atoms with E-state index in [0.29, 0.717) is 22.5 Å². The summed E-state index contributed by atoms with van der Waals surface area (Å²) >= 11 is 1.33. The maximum absolute atomic E-state index is 13.0. The van der Waals surface area contributed by atoms with Crippen LogP contribution < -0.4 is 5.56 Å². The first-order valence-corrected chi connectivity index (χ1v) is 8.21. The summed E-state index contributed by atoms with van der Waals surface area (Å²) in [6.07, 6.45) is 1.66. The van der Waals surface area contributed by atoms with E-state index in [-0.39, 0.29) is 11.3 Å². The van der Waals surface area contributed by atoms with Crippen molar-refractivity contribution in [3.8, 4) is 16.9 Å². The molecule has 23 heavy (non-hydrogen) atoms. The van der Waals surface area contributed by atoms with E-state index < -0.39 is 0 Å². The molecule has 1 N–H and O–H groups in total. The smallest absolute Gasteiger partial charge is 0.264 e. The Morgan fingerprint density at radius 3 is 2.52 bits per heavy atom. The number of pyridine rings is 1. The fourth-order valence-corrected chi connectivity index (χ4v) is 3.88. The SMILES string of the molecule is C=CCn1c(=O)c(-c2c(C)cc(C)cc2C)c(O)c2scnc21. The van der Waals surface area contributed by atoms with Crippen LogP contribution >= 0.6 is 11.3 Å². The van der Waals surface area contributed by atoms with Crippen molar-refractivity contribution in [1.82, 2.24) is 9.55 Å². The van der Waals surface area contributed by atoms with E-state index in [1.165, 1.54) is 11.3 Å². The van der Waals surface area contributed by atoms with Gasteiger partial charge in [0.15, 0.2) is 5.65 Å². The minimum absolute atomic E-state index is 0.0165. The van der Waals surface area contributed by atoms with Gasteiger partial charge < -0.3 is 5.11 Å². The Kier molecular flexibility index (Phi) is 3.82. The first-order valence-electron chi connectivity index (χ1n) is 7.33. The average molecular weight is 326 g/mol. The quantitative estimate of drug-likeness (QED) is 0.742. The van der Waals surface area contributed by atoms with Gasteiger partial charge in [0.25, 0.3) is 5.56 Å². The van der Waals surface area contributed by atoms with Gasteiger partial charge in [-0.05, 0) is 37.5 Å². The van der Waals surface area contributed by atoms with Crippen LogP contribution in [0.25, 0.3) is 21.5 Å².